The van der Waals surface area contributed by atoms with Gasteiger partial charge in [0.1, 0.15) is 0 Å². The third kappa shape index (κ3) is 4.50. The number of amidine groups is 1. The minimum absolute atomic E-state index is 0.129. The molecule has 22 heavy (non-hydrogen) atoms. The zero-order valence-corrected chi connectivity index (χ0v) is 12.9. The summed E-state index contributed by atoms with van der Waals surface area (Å²) in [5.41, 5.74) is 0.0430. The molecule has 0 unspecified atom stereocenters. The molecule has 1 N–H and O–H groups in total. The second-order valence-electron chi connectivity index (χ2n) is 5.03. The molecule has 1 heterocycles. The molecule has 1 aliphatic heterocycles. The lowest BCUT2D eigenvalue weighted by Crippen LogP contribution is -2.34. The molecular weight excluding hydrogens is 313 g/mol. The Balaban J connectivity index is 1.98. The van der Waals surface area contributed by atoms with Gasteiger partial charge in [0, 0.05) is 11.7 Å². The van der Waals surface area contributed by atoms with E-state index in [2.05, 4.69) is 10.3 Å². The number of carbonyl (C=O) groups excluding carboxylic acids is 1. The van der Waals surface area contributed by atoms with Crippen molar-refractivity contribution < 1.29 is 18.0 Å². The van der Waals surface area contributed by atoms with Crippen LogP contribution in [0.25, 0.3) is 0 Å². The van der Waals surface area contributed by atoms with Gasteiger partial charge in [-0.3, -0.25) is 9.79 Å². The van der Waals surface area contributed by atoms with E-state index in [1.807, 2.05) is 6.92 Å². The lowest BCUT2D eigenvalue weighted by molar-refractivity contribution is -0.137. The number of hydrogen-bond donors (Lipinski definition) is 1. The molecule has 0 spiro atoms. The van der Waals surface area contributed by atoms with Gasteiger partial charge in [-0.05, 0) is 30.5 Å². The SMILES string of the molecule is CC[C@H](Cc1ccc(C(F)(F)F)cc1)C(=O)NC1=NCCS1. The van der Waals surface area contributed by atoms with Crippen molar-refractivity contribution in [1.82, 2.24) is 5.32 Å². The Morgan fingerprint density at radius 1 is 1.36 bits per heavy atom. The van der Waals surface area contributed by atoms with Gasteiger partial charge in [-0.1, -0.05) is 30.8 Å². The minimum Gasteiger partial charge on any atom is -0.305 e. The first-order valence-electron chi connectivity index (χ1n) is 7.04. The maximum atomic E-state index is 12.5. The topological polar surface area (TPSA) is 41.5 Å². The number of alkyl halides is 3. The summed E-state index contributed by atoms with van der Waals surface area (Å²) in [6.45, 7) is 2.59. The minimum atomic E-state index is -4.34. The van der Waals surface area contributed by atoms with E-state index in [1.165, 1.54) is 23.9 Å². The van der Waals surface area contributed by atoms with Crippen LogP contribution in [0.2, 0.25) is 0 Å². The Hall–Kier alpha value is -1.50. The van der Waals surface area contributed by atoms with Crippen molar-refractivity contribution in [3.05, 3.63) is 35.4 Å². The number of amides is 1. The fourth-order valence-electron chi connectivity index (χ4n) is 2.15. The molecule has 0 saturated heterocycles. The second-order valence-corrected chi connectivity index (χ2v) is 6.11. The maximum Gasteiger partial charge on any atom is 0.416 e. The molecule has 1 aliphatic rings. The van der Waals surface area contributed by atoms with Crippen LogP contribution in [0.15, 0.2) is 29.3 Å². The summed E-state index contributed by atoms with van der Waals surface area (Å²) in [6, 6.07) is 4.97. The monoisotopic (exact) mass is 330 g/mol. The molecule has 0 aliphatic carbocycles. The van der Waals surface area contributed by atoms with Crippen LogP contribution in [0, 0.1) is 5.92 Å². The average Bonchev–Trinajstić information content (AvgIpc) is 2.97. The number of carbonyl (C=O) groups is 1. The summed E-state index contributed by atoms with van der Waals surface area (Å²) < 4.78 is 37.6. The third-order valence-corrected chi connectivity index (χ3v) is 4.33. The number of halogens is 3. The highest BCUT2D eigenvalue weighted by Gasteiger charge is 2.30. The largest absolute Gasteiger partial charge is 0.416 e. The molecule has 120 valence electrons. The quantitative estimate of drug-likeness (QED) is 0.918. The Kier molecular flexibility index (Phi) is 5.50. The first-order chi connectivity index (χ1) is 10.4. The molecule has 0 saturated carbocycles. The van der Waals surface area contributed by atoms with E-state index in [0.717, 1.165) is 23.4 Å². The summed E-state index contributed by atoms with van der Waals surface area (Å²) in [5.74, 6) is 0.460. The number of rotatable bonds is 4. The van der Waals surface area contributed by atoms with Crippen molar-refractivity contribution in [3.8, 4) is 0 Å². The predicted octanol–water partition coefficient (Wildman–Crippen LogP) is 3.49. The molecule has 0 aromatic heterocycles. The number of hydrogen-bond acceptors (Lipinski definition) is 3. The Labute approximate surface area is 131 Å². The van der Waals surface area contributed by atoms with E-state index >= 15 is 0 Å². The predicted molar refractivity (Wildman–Crippen MR) is 81.8 cm³/mol. The van der Waals surface area contributed by atoms with Crippen molar-refractivity contribution >= 4 is 22.8 Å². The van der Waals surface area contributed by atoms with E-state index in [4.69, 9.17) is 0 Å². The van der Waals surface area contributed by atoms with Gasteiger partial charge in [-0.25, -0.2) is 0 Å². The smallest absolute Gasteiger partial charge is 0.305 e. The van der Waals surface area contributed by atoms with Crippen LogP contribution in [0.4, 0.5) is 13.2 Å². The highest BCUT2D eigenvalue weighted by molar-refractivity contribution is 8.14. The van der Waals surface area contributed by atoms with Gasteiger partial charge in [0.2, 0.25) is 5.91 Å². The fourth-order valence-corrected chi connectivity index (χ4v) is 2.89. The molecule has 0 fully saturated rings. The van der Waals surface area contributed by atoms with E-state index in [9.17, 15) is 18.0 Å². The van der Waals surface area contributed by atoms with Crippen LogP contribution in [0.5, 0.6) is 0 Å². The standard InChI is InChI=1S/C15H17F3N2OS/c1-2-11(13(21)20-14-19-7-8-22-14)9-10-3-5-12(6-4-10)15(16,17)18/h3-6,11H,2,7-9H2,1H3,(H,19,20,21)/t11-/m1/s1. The maximum absolute atomic E-state index is 12.5. The van der Waals surface area contributed by atoms with Crippen molar-refractivity contribution in [2.75, 3.05) is 12.3 Å². The number of aliphatic imine (C=N–C) groups is 1. The molecule has 0 bridgehead atoms. The zero-order valence-electron chi connectivity index (χ0n) is 12.1. The van der Waals surface area contributed by atoms with Crippen molar-refractivity contribution in [2.24, 2.45) is 10.9 Å². The number of thioether (sulfide) groups is 1. The molecule has 1 atom stereocenters. The highest BCUT2D eigenvalue weighted by Crippen LogP contribution is 2.29. The number of nitrogens with one attached hydrogen (secondary N) is 1. The summed E-state index contributed by atoms with van der Waals surface area (Å²) in [4.78, 5) is 16.3. The molecule has 1 aromatic carbocycles. The van der Waals surface area contributed by atoms with Crippen LogP contribution in [0.1, 0.15) is 24.5 Å². The van der Waals surface area contributed by atoms with Crippen LogP contribution < -0.4 is 5.32 Å². The van der Waals surface area contributed by atoms with Gasteiger partial charge in [0.15, 0.2) is 5.17 Å². The number of nitrogens with zero attached hydrogens (tertiary/aromatic N) is 1. The van der Waals surface area contributed by atoms with Crippen molar-refractivity contribution in [2.45, 2.75) is 25.9 Å². The van der Waals surface area contributed by atoms with Crippen LogP contribution in [-0.2, 0) is 17.4 Å². The van der Waals surface area contributed by atoms with E-state index in [0.29, 0.717) is 24.6 Å². The molecular formula is C15H17F3N2OS. The lowest BCUT2D eigenvalue weighted by atomic mass is 9.95. The first-order valence-corrected chi connectivity index (χ1v) is 8.03. The molecule has 1 aromatic rings. The molecule has 0 radical (unpaired) electrons. The normalized spacial score (nSPS) is 16.3. The zero-order chi connectivity index (χ0) is 16.2. The Bertz CT molecular complexity index is 555. The fraction of sp³-hybridized carbons (Fsp3) is 0.467. The van der Waals surface area contributed by atoms with E-state index in [1.54, 1.807) is 0 Å². The summed E-state index contributed by atoms with van der Waals surface area (Å²) in [6.07, 6.45) is -3.30. The van der Waals surface area contributed by atoms with Crippen molar-refractivity contribution in [3.63, 3.8) is 0 Å². The summed E-state index contributed by atoms with van der Waals surface area (Å²) in [5, 5.41) is 3.41. The summed E-state index contributed by atoms with van der Waals surface area (Å²) >= 11 is 1.50. The molecule has 3 nitrogen and oxygen atoms in total. The second kappa shape index (κ2) is 7.17. The van der Waals surface area contributed by atoms with Crippen molar-refractivity contribution in [1.29, 1.82) is 0 Å². The van der Waals surface area contributed by atoms with Gasteiger partial charge < -0.3 is 5.32 Å². The van der Waals surface area contributed by atoms with E-state index < -0.39 is 11.7 Å². The van der Waals surface area contributed by atoms with Crippen LogP contribution >= 0.6 is 11.8 Å². The molecule has 7 heteroatoms. The Morgan fingerprint density at radius 2 is 2.05 bits per heavy atom. The van der Waals surface area contributed by atoms with Gasteiger partial charge in [-0.2, -0.15) is 13.2 Å². The van der Waals surface area contributed by atoms with Crippen LogP contribution in [0.3, 0.4) is 0 Å². The third-order valence-electron chi connectivity index (χ3n) is 3.44. The van der Waals surface area contributed by atoms with Gasteiger partial charge in [0.05, 0.1) is 12.1 Å². The van der Waals surface area contributed by atoms with Crippen LogP contribution in [-0.4, -0.2) is 23.4 Å². The molecule has 1 amide bonds. The lowest BCUT2D eigenvalue weighted by Gasteiger charge is -2.15. The summed E-state index contributed by atoms with van der Waals surface area (Å²) in [7, 11) is 0. The van der Waals surface area contributed by atoms with Gasteiger partial charge >= 0.3 is 6.18 Å². The molecule has 2 rings (SSSR count). The Morgan fingerprint density at radius 3 is 2.55 bits per heavy atom. The highest BCUT2D eigenvalue weighted by atomic mass is 32.2. The average molecular weight is 330 g/mol. The van der Waals surface area contributed by atoms with E-state index in [-0.39, 0.29) is 11.8 Å². The first kappa shape index (κ1) is 16.9. The van der Waals surface area contributed by atoms with Gasteiger partial charge in [0.25, 0.3) is 0 Å². The van der Waals surface area contributed by atoms with Gasteiger partial charge in [-0.15, -0.1) is 0 Å². The number of benzene rings is 1.